The molecule has 0 spiro atoms. The summed E-state index contributed by atoms with van der Waals surface area (Å²) in [6, 6.07) is 11.0. The Hall–Kier alpha value is -3.66. The minimum Gasteiger partial charge on any atom is -0.364 e. The average Bonchev–Trinajstić information content (AvgIpc) is 3.32. The van der Waals surface area contributed by atoms with Gasteiger partial charge in [-0.05, 0) is 13.0 Å². The van der Waals surface area contributed by atoms with Crippen LogP contribution in [0.3, 0.4) is 0 Å². The van der Waals surface area contributed by atoms with Crippen LogP contribution < -0.4 is 11.1 Å². The molecule has 3 aromatic heterocycles. The van der Waals surface area contributed by atoms with E-state index in [9.17, 15) is 9.59 Å². The number of aryl methyl sites for hydroxylation is 1. The van der Waals surface area contributed by atoms with Crippen LogP contribution in [-0.2, 0) is 6.54 Å². The first-order chi connectivity index (χ1) is 13.5. The average molecular weight is 393 g/mol. The number of nitrogens with two attached hydrogens (primary N) is 1. The molecule has 0 aliphatic rings. The molecule has 140 valence electrons. The lowest BCUT2D eigenvalue weighted by molar-refractivity contribution is 0.0942. The molecule has 10 heteroatoms. The van der Waals surface area contributed by atoms with Crippen LogP contribution in [0.5, 0.6) is 0 Å². The van der Waals surface area contributed by atoms with Gasteiger partial charge >= 0.3 is 0 Å². The second kappa shape index (κ2) is 7.16. The van der Waals surface area contributed by atoms with Crippen molar-refractivity contribution in [2.24, 2.45) is 5.73 Å². The molecule has 4 aromatic rings. The van der Waals surface area contributed by atoms with Crippen molar-refractivity contribution in [3.05, 3.63) is 64.1 Å². The highest BCUT2D eigenvalue weighted by Crippen LogP contribution is 2.21. The largest absolute Gasteiger partial charge is 0.364 e. The molecule has 28 heavy (non-hydrogen) atoms. The Morgan fingerprint density at radius 1 is 1.21 bits per heavy atom. The van der Waals surface area contributed by atoms with Crippen molar-refractivity contribution in [3.8, 4) is 11.3 Å². The standard InChI is InChI=1S/C18H15N7O2S/c1-10-23-24-14(28-10)8-20-18(27)13-7-12(11-5-3-2-4-6-11)22-17-15(16(19)26)21-9-25(13)17/h2-7,9H,8H2,1H3,(H2,19,26)(H,20,27). The molecule has 4 rings (SSSR count). The van der Waals surface area contributed by atoms with E-state index in [0.29, 0.717) is 10.7 Å². The van der Waals surface area contributed by atoms with Gasteiger partial charge in [0.25, 0.3) is 11.8 Å². The predicted octanol–water partition coefficient (Wildman–Crippen LogP) is 1.59. The van der Waals surface area contributed by atoms with E-state index in [-0.39, 0.29) is 29.5 Å². The molecule has 0 bridgehead atoms. The summed E-state index contributed by atoms with van der Waals surface area (Å²) in [6.07, 6.45) is 1.36. The molecule has 0 atom stereocenters. The van der Waals surface area contributed by atoms with Crippen LogP contribution in [0.25, 0.3) is 16.9 Å². The second-order valence-electron chi connectivity index (χ2n) is 5.94. The summed E-state index contributed by atoms with van der Waals surface area (Å²) in [5.74, 6) is -1.07. The first-order valence-corrected chi connectivity index (χ1v) is 9.15. The third-order valence-corrected chi connectivity index (χ3v) is 4.84. The highest BCUT2D eigenvalue weighted by atomic mass is 32.1. The molecular formula is C18H15N7O2S. The summed E-state index contributed by atoms with van der Waals surface area (Å²) in [6.45, 7) is 2.09. The number of aromatic nitrogens is 5. The van der Waals surface area contributed by atoms with E-state index < -0.39 is 5.91 Å². The van der Waals surface area contributed by atoms with E-state index in [2.05, 4.69) is 25.5 Å². The lowest BCUT2D eigenvalue weighted by Gasteiger charge is -2.09. The minimum absolute atomic E-state index is 0.00609. The van der Waals surface area contributed by atoms with Gasteiger partial charge in [-0.1, -0.05) is 41.7 Å². The quantitative estimate of drug-likeness (QED) is 0.530. The first kappa shape index (κ1) is 17.7. The summed E-state index contributed by atoms with van der Waals surface area (Å²) in [5.41, 5.74) is 7.26. The lowest BCUT2D eigenvalue weighted by atomic mass is 10.1. The number of benzene rings is 1. The Morgan fingerprint density at radius 3 is 2.68 bits per heavy atom. The molecule has 9 nitrogen and oxygen atoms in total. The van der Waals surface area contributed by atoms with Gasteiger partial charge in [0.05, 0.1) is 12.2 Å². The van der Waals surface area contributed by atoms with Crippen molar-refractivity contribution in [1.29, 1.82) is 0 Å². The second-order valence-corrected chi connectivity index (χ2v) is 7.21. The van der Waals surface area contributed by atoms with Gasteiger partial charge in [0.1, 0.15) is 22.0 Å². The molecule has 3 N–H and O–H groups in total. The third kappa shape index (κ3) is 3.32. The summed E-state index contributed by atoms with van der Waals surface area (Å²) >= 11 is 1.41. The number of carbonyl (C=O) groups is 2. The van der Waals surface area contributed by atoms with Gasteiger partial charge in [-0.15, -0.1) is 10.2 Å². The van der Waals surface area contributed by atoms with Gasteiger partial charge < -0.3 is 11.1 Å². The van der Waals surface area contributed by atoms with E-state index in [1.807, 2.05) is 37.3 Å². The van der Waals surface area contributed by atoms with Crippen molar-refractivity contribution in [1.82, 2.24) is 29.9 Å². The number of hydrogen-bond acceptors (Lipinski definition) is 7. The monoisotopic (exact) mass is 393 g/mol. The fourth-order valence-electron chi connectivity index (χ4n) is 2.73. The highest BCUT2D eigenvalue weighted by Gasteiger charge is 2.19. The first-order valence-electron chi connectivity index (χ1n) is 8.33. The normalized spacial score (nSPS) is 10.9. The molecule has 0 radical (unpaired) electrons. The van der Waals surface area contributed by atoms with Gasteiger partial charge in [0, 0.05) is 5.56 Å². The van der Waals surface area contributed by atoms with Gasteiger partial charge in [0.2, 0.25) is 0 Å². The fraction of sp³-hybridized carbons (Fsp3) is 0.111. The molecule has 0 saturated carbocycles. The number of nitrogens with zero attached hydrogens (tertiary/aromatic N) is 5. The molecule has 0 fully saturated rings. The topological polar surface area (TPSA) is 128 Å². The van der Waals surface area contributed by atoms with Crippen molar-refractivity contribution >= 4 is 28.8 Å². The number of nitrogens with one attached hydrogen (secondary N) is 1. The molecule has 0 saturated heterocycles. The van der Waals surface area contributed by atoms with Crippen LogP contribution in [0.2, 0.25) is 0 Å². The predicted molar refractivity (Wildman–Crippen MR) is 103 cm³/mol. The minimum atomic E-state index is -0.712. The van der Waals surface area contributed by atoms with E-state index in [0.717, 1.165) is 10.6 Å². The summed E-state index contributed by atoms with van der Waals surface area (Å²) in [5, 5.41) is 12.3. The van der Waals surface area contributed by atoms with Gasteiger partial charge in [-0.2, -0.15) is 0 Å². The van der Waals surface area contributed by atoms with E-state index in [1.165, 1.54) is 22.1 Å². The zero-order chi connectivity index (χ0) is 19.7. The molecule has 1 aromatic carbocycles. The lowest BCUT2D eigenvalue weighted by Crippen LogP contribution is -2.25. The van der Waals surface area contributed by atoms with E-state index in [4.69, 9.17) is 5.73 Å². The van der Waals surface area contributed by atoms with Crippen molar-refractivity contribution in [2.45, 2.75) is 13.5 Å². The molecular weight excluding hydrogens is 378 g/mol. The molecule has 2 amide bonds. The van der Waals surface area contributed by atoms with E-state index in [1.54, 1.807) is 6.07 Å². The fourth-order valence-corrected chi connectivity index (χ4v) is 3.38. The maximum absolute atomic E-state index is 12.9. The molecule has 0 aliphatic carbocycles. The van der Waals surface area contributed by atoms with Crippen molar-refractivity contribution in [3.63, 3.8) is 0 Å². The van der Waals surface area contributed by atoms with Crippen LogP contribution in [0, 0.1) is 6.92 Å². The van der Waals surface area contributed by atoms with Crippen LogP contribution >= 0.6 is 11.3 Å². The molecule has 0 unspecified atom stereocenters. The van der Waals surface area contributed by atoms with Crippen molar-refractivity contribution < 1.29 is 9.59 Å². The number of carbonyl (C=O) groups excluding carboxylic acids is 2. The summed E-state index contributed by atoms with van der Waals surface area (Å²) < 4.78 is 1.45. The summed E-state index contributed by atoms with van der Waals surface area (Å²) in [7, 11) is 0. The highest BCUT2D eigenvalue weighted by molar-refractivity contribution is 7.11. The Morgan fingerprint density at radius 2 is 2.00 bits per heavy atom. The maximum Gasteiger partial charge on any atom is 0.271 e. The SMILES string of the molecule is Cc1nnc(CNC(=O)c2cc(-c3ccccc3)nc3c(C(N)=O)ncn23)s1. The molecule has 0 aliphatic heterocycles. The summed E-state index contributed by atoms with van der Waals surface area (Å²) in [4.78, 5) is 33.1. The van der Waals surface area contributed by atoms with Crippen LogP contribution in [0.15, 0.2) is 42.7 Å². The third-order valence-electron chi connectivity index (χ3n) is 4.01. The number of hydrogen-bond donors (Lipinski definition) is 2. The Balaban J connectivity index is 1.77. The van der Waals surface area contributed by atoms with Gasteiger partial charge in [0.15, 0.2) is 11.3 Å². The van der Waals surface area contributed by atoms with Crippen molar-refractivity contribution in [2.75, 3.05) is 0 Å². The van der Waals surface area contributed by atoms with Crippen LogP contribution in [0.4, 0.5) is 0 Å². The Kier molecular flexibility index (Phi) is 4.53. The number of amides is 2. The smallest absolute Gasteiger partial charge is 0.271 e. The Bertz CT molecular complexity index is 1180. The number of rotatable bonds is 5. The Labute approximate surface area is 163 Å². The van der Waals surface area contributed by atoms with Gasteiger partial charge in [-0.25, -0.2) is 9.97 Å². The number of primary amides is 1. The van der Waals surface area contributed by atoms with Crippen LogP contribution in [-0.4, -0.2) is 36.4 Å². The van der Waals surface area contributed by atoms with E-state index >= 15 is 0 Å². The number of imidazole rings is 1. The maximum atomic E-state index is 12.9. The molecule has 3 heterocycles. The van der Waals surface area contributed by atoms with Gasteiger partial charge in [-0.3, -0.25) is 14.0 Å². The zero-order valence-electron chi connectivity index (χ0n) is 14.8. The zero-order valence-corrected chi connectivity index (χ0v) is 15.6. The van der Waals surface area contributed by atoms with Crippen LogP contribution in [0.1, 0.15) is 31.0 Å². The number of fused-ring (bicyclic) bond motifs is 1.